The lowest BCUT2D eigenvalue weighted by Gasteiger charge is -2.40. The summed E-state index contributed by atoms with van der Waals surface area (Å²) in [6, 6.07) is 11.2. The number of nitriles is 1. The average Bonchev–Trinajstić information content (AvgIpc) is 2.50. The van der Waals surface area contributed by atoms with Gasteiger partial charge in [0, 0.05) is 30.5 Å². The molecule has 2 heterocycles. The molecule has 0 spiro atoms. The third-order valence-electron chi connectivity index (χ3n) is 3.83. The zero-order valence-electron chi connectivity index (χ0n) is 12.6. The Morgan fingerprint density at radius 1 is 1.43 bits per heavy atom. The molecule has 0 radical (unpaired) electrons. The Bertz CT molecular complexity index is 793. The number of rotatable bonds is 4. The van der Waals surface area contributed by atoms with Gasteiger partial charge in [-0.3, -0.25) is 10.1 Å². The maximum atomic E-state index is 11.2. The molecule has 1 aromatic carbocycles. The van der Waals surface area contributed by atoms with Crippen LogP contribution in [0, 0.1) is 28.4 Å². The molecule has 0 unspecified atom stereocenters. The largest absolute Gasteiger partial charge is 0.379 e. The van der Waals surface area contributed by atoms with Gasteiger partial charge < -0.3 is 10.2 Å². The number of nitrogens with one attached hydrogen (secondary N) is 1. The Kier molecular flexibility index (Phi) is 3.81. The van der Waals surface area contributed by atoms with Crippen LogP contribution in [0.2, 0.25) is 0 Å². The van der Waals surface area contributed by atoms with Crippen molar-refractivity contribution in [1.29, 1.82) is 5.26 Å². The second kappa shape index (κ2) is 5.93. The van der Waals surface area contributed by atoms with E-state index in [9.17, 15) is 10.1 Å². The summed E-state index contributed by atoms with van der Waals surface area (Å²) in [5, 5.41) is 23.5. The Hall–Kier alpha value is -3.14. The first-order valence-corrected chi connectivity index (χ1v) is 7.20. The van der Waals surface area contributed by atoms with Gasteiger partial charge in [0.25, 0.3) is 0 Å². The summed E-state index contributed by atoms with van der Waals surface area (Å²) in [6.07, 6.45) is 1.59. The highest BCUT2D eigenvalue weighted by atomic mass is 16.6. The van der Waals surface area contributed by atoms with Gasteiger partial charge in [-0.2, -0.15) is 5.26 Å². The molecular weight excluding hydrogens is 294 g/mol. The Morgan fingerprint density at radius 3 is 2.91 bits per heavy atom. The topological polar surface area (TPSA) is 95.1 Å². The lowest BCUT2D eigenvalue weighted by Crippen LogP contribution is -2.55. The summed E-state index contributed by atoms with van der Waals surface area (Å²) in [5.41, 5.74) is 2.15. The van der Waals surface area contributed by atoms with Gasteiger partial charge in [0.15, 0.2) is 0 Å². The molecule has 1 aromatic heterocycles. The van der Waals surface area contributed by atoms with Gasteiger partial charge in [-0.05, 0) is 31.2 Å². The molecule has 7 heteroatoms. The van der Waals surface area contributed by atoms with E-state index in [4.69, 9.17) is 5.26 Å². The second-order valence-corrected chi connectivity index (χ2v) is 5.50. The molecular formula is C16H15N5O2. The van der Waals surface area contributed by atoms with Gasteiger partial charge in [-0.25, -0.2) is 4.98 Å². The van der Waals surface area contributed by atoms with Crippen LogP contribution < -0.4 is 10.2 Å². The molecule has 0 bridgehead atoms. The van der Waals surface area contributed by atoms with Crippen LogP contribution in [-0.2, 0) is 0 Å². The van der Waals surface area contributed by atoms with Gasteiger partial charge in [0.2, 0.25) is 5.82 Å². The molecule has 0 aliphatic carbocycles. The smallest absolute Gasteiger partial charge is 0.314 e. The highest BCUT2D eigenvalue weighted by molar-refractivity contribution is 5.64. The molecule has 1 aliphatic rings. The van der Waals surface area contributed by atoms with Crippen molar-refractivity contribution in [2.45, 2.75) is 13.0 Å². The molecule has 7 nitrogen and oxygen atoms in total. The summed E-state index contributed by atoms with van der Waals surface area (Å²) >= 11 is 0. The van der Waals surface area contributed by atoms with Crippen LogP contribution in [0.25, 0.3) is 0 Å². The van der Waals surface area contributed by atoms with Gasteiger partial charge in [0.1, 0.15) is 0 Å². The van der Waals surface area contributed by atoms with Crippen molar-refractivity contribution >= 4 is 17.2 Å². The summed E-state index contributed by atoms with van der Waals surface area (Å²) in [6.45, 7) is 2.98. The van der Waals surface area contributed by atoms with E-state index in [2.05, 4.69) is 16.4 Å². The number of nitro groups is 1. The first kappa shape index (κ1) is 14.8. The van der Waals surface area contributed by atoms with Crippen molar-refractivity contribution in [3.05, 3.63) is 57.8 Å². The molecule has 0 saturated carbocycles. The van der Waals surface area contributed by atoms with E-state index in [1.807, 2.05) is 17.0 Å². The number of aryl methyl sites for hydroxylation is 1. The van der Waals surface area contributed by atoms with E-state index in [0.717, 1.165) is 5.69 Å². The molecule has 1 N–H and O–H groups in total. The normalized spacial score (nSPS) is 14.0. The monoisotopic (exact) mass is 309 g/mol. The number of benzene rings is 1. The molecule has 116 valence electrons. The SMILES string of the molecule is Cc1ccnc(N2CC(Nc3cccc(C#N)c3)C2)c1[N+](=O)[O-]. The lowest BCUT2D eigenvalue weighted by molar-refractivity contribution is -0.385. The lowest BCUT2D eigenvalue weighted by atomic mass is 10.1. The van der Waals surface area contributed by atoms with Crippen LogP contribution in [0.15, 0.2) is 36.5 Å². The molecule has 3 rings (SSSR count). The minimum Gasteiger partial charge on any atom is -0.379 e. The molecule has 1 saturated heterocycles. The van der Waals surface area contributed by atoms with Gasteiger partial charge >= 0.3 is 5.69 Å². The molecule has 2 aromatic rings. The minimum atomic E-state index is -0.380. The molecule has 0 amide bonds. The average molecular weight is 309 g/mol. The molecule has 0 atom stereocenters. The van der Waals surface area contributed by atoms with E-state index in [1.54, 1.807) is 31.3 Å². The second-order valence-electron chi connectivity index (χ2n) is 5.50. The fourth-order valence-corrected chi connectivity index (χ4v) is 2.65. The maximum Gasteiger partial charge on any atom is 0.314 e. The third kappa shape index (κ3) is 2.92. The van der Waals surface area contributed by atoms with Crippen LogP contribution >= 0.6 is 0 Å². The first-order valence-electron chi connectivity index (χ1n) is 7.20. The summed E-state index contributed by atoms with van der Waals surface area (Å²) in [4.78, 5) is 16.9. The van der Waals surface area contributed by atoms with Crippen molar-refractivity contribution in [3.63, 3.8) is 0 Å². The Morgan fingerprint density at radius 2 is 2.22 bits per heavy atom. The van der Waals surface area contributed by atoms with Gasteiger partial charge in [0.05, 0.1) is 22.6 Å². The van der Waals surface area contributed by atoms with Crippen LogP contribution in [-0.4, -0.2) is 29.0 Å². The van der Waals surface area contributed by atoms with Crippen LogP contribution in [0.3, 0.4) is 0 Å². The van der Waals surface area contributed by atoms with Crippen LogP contribution in [0.4, 0.5) is 17.2 Å². The molecule has 1 aliphatic heterocycles. The van der Waals surface area contributed by atoms with E-state index in [1.165, 1.54) is 0 Å². The van der Waals surface area contributed by atoms with E-state index < -0.39 is 0 Å². The fraction of sp³-hybridized carbons (Fsp3) is 0.250. The number of hydrogen-bond donors (Lipinski definition) is 1. The van der Waals surface area contributed by atoms with Crippen molar-refractivity contribution in [2.75, 3.05) is 23.3 Å². The Labute approximate surface area is 133 Å². The zero-order valence-corrected chi connectivity index (χ0v) is 12.6. The number of anilines is 2. The van der Waals surface area contributed by atoms with Gasteiger partial charge in [-0.15, -0.1) is 0 Å². The van der Waals surface area contributed by atoms with E-state index >= 15 is 0 Å². The van der Waals surface area contributed by atoms with Gasteiger partial charge in [-0.1, -0.05) is 6.07 Å². The summed E-state index contributed by atoms with van der Waals surface area (Å²) in [7, 11) is 0. The van der Waals surface area contributed by atoms with Crippen molar-refractivity contribution in [3.8, 4) is 6.07 Å². The number of pyridine rings is 1. The van der Waals surface area contributed by atoms with Crippen LogP contribution in [0.1, 0.15) is 11.1 Å². The predicted octanol–water partition coefficient (Wildman–Crippen LogP) is 2.47. The highest BCUT2D eigenvalue weighted by Crippen LogP contribution is 2.32. The minimum absolute atomic E-state index is 0.0671. The van der Waals surface area contributed by atoms with Crippen molar-refractivity contribution in [2.24, 2.45) is 0 Å². The number of nitrogens with zero attached hydrogens (tertiary/aromatic N) is 4. The number of hydrogen-bond acceptors (Lipinski definition) is 6. The Balaban J connectivity index is 1.69. The third-order valence-corrected chi connectivity index (χ3v) is 3.83. The standard InChI is InChI=1S/C16H15N5O2/c1-11-5-6-18-16(15(11)21(22)23)20-9-14(10-20)19-13-4-2-3-12(7-13)8-17/h2-7,14,19H,9-10H2,1H3. The van der Waals surface area contributed by atoms with Crippen LogP contribution in [0.5, 0.6) is 0 Å². The predicted molar refractivity (Wildman–Crippen MR) is 86.4 cm³/mol. The van der Waals surface area contributed by atoms with Crippen molar-refractivity contribution in [1.82, 2.24) is 4.98 Å². The quantitative estimate of drug-likeness (QED) is 0.688. The summed E-state index contributed by atoms with van der Waals surface area (Å²) in [5.74, 6) is 0.416. The molecule has 23 heavy (non-hydrogen) atoms. The molecule has 1 fully saturated rings. The highest BCUT2D eigenvalue weighted by Gasteiger charge is 2.33. The summed E-state index contributed by atoms with van der Waals surface area (Å²) < 4.78 is 0. The van der Waals surface area contributed by atoms with E-state index in [-0.39, 0.29) is 16.7 Å². The first-order chi connectivity index (χ1) is 11.1. The maximum absolute atomic E-state index is 11.2. The number of aromatic nitrogens is 1. The van der Waals surface area contributed by atoms with E-state index in [0.29, 0.717) is 30.0 Å². The zero-order chi connectivity index (χ0) is 16.4. The fourth-order valence-electron chi connectivity index (χ4n) is 2.65. The van der Waals surface area contributed by atoms with Crippen molar-refractivity contribution < 1.29 is 4.92 Å².